The number of carbonyl (C=O) groups excluding carboxylic acids is 2. The van der Waals surface area contributed by atoms with Gasteiger partial charge >= 0.3 is 19.8 Å². The number of phosphoric ester groups is 1. The number of hydrogen-bond donors (Lipinski definition) is 2. The molecule has 0 bridgehead atoms. The number of ether oxygens (including phenoxy) is 3. The summed E-state index contributed by atoms with van der Waals surface area (Å²) in [5.41, 5.74) is 0. The molecule has 10 heteroatoms. The Morgan fingerprint density at radius 3 is 1.87 bits per heavy atom. The summed E-state index contributed by atoms with van der Waals surface area (Å²) in [6.07, 6.45) is 34.8. The number of epoxide rings is 1. The summed E-state index contributed by atoms with van der Waals surface area (Å²) in [7, 11) is -4.76. The average molecular weight is 685 g/mol. The molecule has 0 spiro atoms. The van der Waals surface area contributed by atoms with Crippen molar-refractivity contribution in [3.63, 3.8) is 0 Å². The first-order valence-corrected chi connectivity index (χ1v) is 19.9. The van der Waals surface area contributed by atoms with Gasteiger partial charge < -0.3 is 24.0 Å². The van der Waals surface area contributed by atoms with Crippen LogP contribution >= 0.6 is 7.82 Å². The number of unbranched alkanes of at least 4 members (excludes halogenated alkanes) is 13. The summed E-state index contributed by atoms with van der Waals surface area (Å²) in [6.45, 7) is 3.58. The molecule has 0 aromatic heterocycles. The number of esters is 2. The number of carbonyl (C=O) groups is 2. The highest BCUT2D eigenvalue weighted by molar-refractivity contribution is 7.46. The van der Waals surface area contributed by atoms with Crippen LogP contribution in [0.1, 0.15) is 155 Å². The van der Waals surface area contributed by atoms with Crippen LogP contribution in [-0.4, -0.2) is 53.3 Å². The Morgan fingerprint density at radius 2 is 1.23 bits per heavy atom. The van der Waals surface area contributed by atoms with Gasteiger partial charge in [0.05, 0.1) is 18.8 Å². The van der Waals surface area contributed by atoms with E-state index in [9.17, 15) is 14.2 Å². The van der Waals surface area contributed by atoms with E-state index in [0.29, 0.717) is 25.0 Å². The molecule has 9 nitrogen and oxygen atoms in total. The molecule has 0 amide bonds. The zero-order valence-corrected chi connectivity index (χ0v) is 30.3. The van der Waals surface area contributed by atoms with Gasteiger partial charge in [-0.2, -0.15) is 0 Å². The second-order valence-electron chi connectivity index (χ2n) is 12.6. The SMILES string of the molecule is CCCCCCCCCCCCCC(=O)OC[C@H](COP(=O)(O)O)OC(=O)CCC/C=C\C/C=C\C/C=C\CC1OC1CCCCC. The van der Waals surface area contributed by atoms with Crippen molar-refractivity contribution in [1.29, 1.82) is 0 Å². The lowest BCUT2D eigenvalue weighted by Gasteiger charge is -2.18. The molecule has 1 saturated heterocycles. The van der Waals surface area contributed by atoms with Crippen molar-refractivity contribution in [3.8, 4) is 0 Å². The highest BCUT2D eigenvalue weighted by atomic mass is 31.2. The highest BCUT2D eigenvalue weighted by Gasteiger charge is 2.36. The summed E-state index contributed by atoms with van der Waals surface area (Å²) in [5, 5.41) is 0. The van der Waals surface area contributed by atoms with Gasteiger partial charge in [-0.1, -0.05) is 134 Å². The molecule has 272 valence electrons. The Balaban J connectivity index is 2.14. The third-order valence-electron chi connectivity index (χ3n) is 8.09. The van der Waals surface area contributed by atoms with Gasteiger partial charge in [0.15, 0.2) is 6.10 Å². The number of phosphoric acid groups is 1. The van der Waals surface area contributed by atoms with Gasteiger partial charge in [-0.15, -0.1) is 0 Å². The van der Waals surface area contributed by atoms with Crippen molar-refractivity contribution in [2.75, 3.05) is 13.2 Å². The first kappa shape index (κ1) is 43.3. The lowest BCUT2D eigenvalue weighted by molar-refractivity contribution is -0.161. The van der Waals surface area contributed by atoms with E-state index in [0.717, 1.165) is 38.5 Å². The fourth-order valence-corrected chi connectivity index (χ4v) is 5.58. The summed E-state index contributed by atoms with van der Waals surface area (Å²) < 4.78 is 31.9. The highest BCUT2D eigenvalue weighted by Crippen LogP contribution is 2.36. The second kappa shape index (κ2) is 29.2. The Kier molecular flexibility index (Phi) is 26.8. The van der Waals surface area contributed by atoms with Crippen LogP contribution < -0.4 is 0 Å². The minimum absolute atomic E-state index is 0.133. The van der Waals surface area contributed by atoms with Crippen molar-refractivity contribution in [3.05, 3.63) is 36.5 Å². The smallest absolute Gasteiger partial charge is 0.462 e. The van der Waals surface area contributed by atoms with Gasteiger partial charge in [-0.25, -0.2) is 4.57 Å². The summed E-state index contributed by atoms with van der Waals surface area (Å²) in [4.78, 5) is 42.6. The van der Waals surface area contributed by atoms with Crippen LogP contribution in [0.4, 0.5) is 0 Å². The lowest BCUT2D eigenvalue weighted by atomic mass is 10.1. The molecule has 1 rings (SSSR count). The van der Waals surface area contributed by atoms with Crippen molar-refractivity contribution < 1.29 is 42.7 Å². The van der Waals surface area contributed by atoms with E-state index in [4.69, 9.17) is 24.0 Å². The van der Waals surface area contributed by atoms with Crippen molar-refractivity contribution in [2.45, 2.75) is 173 Å². The molecule has 0 saturated carbocycles. The number of rotatable bonds is 32. The van der Waals surface area contributed by atoms with Crippen molar-refractivity contribution >= 4 is 19.8 Å². The standard InChI is InChI=1S/C37H65O9P/c1-3-5-7-8-9-10-11-15-18-21-25-29-36(38)43-31-33(32-44-47(40,41)42)45-37(39)30-26-22-19-16-13-12-14-17-20-24-28-35-34(46-35)27-23-6-4-2/h12,14,16,19-20,24,33-35H,3-11,13,15,17-18,21-23,25-32H2,1-2H3,(H2,40,41,42)/b14-12-,19-16-,24-20-/t33-,34?,35?/m1/s1. The fourth-order valence-electron chi connectivity index (χ4n) is 5.22. The van der Waals surface area contributed by atoms with Crippen LogP contribution in [0, 0.1) is 0 Å². The third kappa shape index (κ3) is 28.9. The topological polar surface area (TPSA) is 132 Å². The minimum atomic E-state index is -4.76. The molecule has 2 N–H and O–H groups in total. The van der Waals surface area contributed by atoms with E-state index < -0.39 is 32.5 Å². The molecule has 1 heterocycles. The van der Waals surface area contributed by atoms with Gasteiger partial charge in [0.1, 0.15) is 6.61 Å². The molecule has 1 aliphatic heterocycles. The van der Waals surface area contributed by atoms with Crippen molar-refractivity contribution in [2.24, 2.45) is 0 Å². The molecular weight excluding hydrogens is 619 g/mol. The summed E-state index contributed by atoms with van der Waals surface area (Å²) >= 11 is 0. The Hall–Kier alpha value is -1.77. The van der Waals surface area contributed by atoms with Gasteiger partial charge in [-0.05, 0) is 44.9 Å². The molecule has 1 aliphatic rings. The Bertz CT molecular complexity index is 927. The molecule has 1 fully saturated rings. The van der Waals surface area contributed by atoms with Crippen LogP contribution in [-0.2, 0) is 32.9 Å². The second-order valence-corrected chi connectivity index (χ2v) is 13.8. The molecule has 0 aromatic rings. The fraction of sp³-hybridized carbons (Fsp3) is 0.784. The maximum absolute atomic E-state index is 12.3. The molecule has 47 heavy (non-hydrogen) atoms. The normalized spacial score (nSPS) is 17.2. The Labute approximate surface area is 285 Å². The van der Waals surface area contributed by atoms with E-state index >= 15 is 0 Å². The third-order valence-corrected chi connectivity index (χ3v) is 8.57. The zero-order valence-electron chi connectivity index (χ0n) is 29.4. The van der Waals surface area contributed by atoms with Gasteiger partial charge in [0.25, 0.3) is 0 Å². The van der Waals surface area contributed by atoms with Gasteiger partial charge in [0.2, 0.25) is 0 Å². The monoisotopic (exact) mass is 684 g/mol. The number of allylic oxidation sites excluding steroid dienone is 5. The van der Waals surface area contributed by atoms with Gasteiger partial charge in [0, 0.05) is 12.8 Å². The van der Waals surface area contributed by atoms with Gasteiger partial charge in [-0.3, -0.25) is 14.1 Å². The summed E-state index contributed by atoms with van der Waals surface area (Å²) in [6, 6.07) is 0. The minimum Gasteiger partial charge on any atom is -0.462 e. The molecule has 2 unspecified atom stereocenters. The van der Waals surface area contributed by atoms with Crippen LogP contribution in [0.15, 0.2) is 36.5 Å². The first-order valence-electron chi connectivity index (χ1n) is 18.4. The maximum Gasteiger partial charge on any atom is 0.469 e. The largest absolute Gasteiger partial charge is 0.469 e. The van der Waals surface area contributed by atoms with E-state index in [-0.39, 0.29) is 19.4 Å². The number of hydrogen-bond acceptors (Lipinski definition) is 7. The van der Waals surface area contributed by atoms with E-state index in [1.54, 1.807) is 0 Å². The quantitative estimate of drug-likeness (QED) is 0.0234. The van der Waals surface area contributed by atoms with E-state index in [2.05, 4.69) is 48.8 Å². The molecule has 0 aliphatic carbocycles. The molecular formula is C37H65O9P. The van der Waals surface area contributed by atoms with Crippen LogP contribution in [0.5, 0.6) is 0 Å². The van der Waals surface area contributed by atoms with Crippen molar-refractivity contribution in [1.82, 2.24) is 0 Å². The van der Waals surface area contributed by atoms with E-state index in [1.165, 1.54) is 77.0 Å². The predicted octanol–water partition coefficient (Wildman–Crippen LogP) is 9.61. The zero-order chi connectivity index (χ0) is 34.4. The van der Waals surface area contributed by atoms with Crippen LogP contribution in [0.2, 0.25) is 0 Å². The molecule has 0 aromatic carbocycles. The lowest BCUT2D eigenvalue weighted by Crippen LogP contribution is -2.29. The maximum atomic E-state index is 12.3. The van der Waals surface area contributed by atoms with E-state index in [1.807, 2.05) is 6.08 Å². The van der Waals surface area contributed by atoms with Crippen LogP contribution in [0.25, 0.3) is 0 Å². The summed E-state index contributed by atoms with van der Waals surface area (Å²) in [5.74, 6) is -0.956. The van der Waals surface area contributed by atoms with Crippen LogP contribution in [0.3, 0.4) is 0 Å². The molecule has 3 atom stereocenters. The average Bonchev–Trinajstić information content (AvgIpc) is 3.79. The first-order chi connectivity index (χ1) is 22.7. The molecule has 0 radical (unpaired) electrons. The Morgan fingerprint density at radius 1 is 0.681 bits per heavy atom. The predicted molar refractivity (Wildman–Crippen MR) is 188 cm³/mol.